The Balaban J connectivity index is 2.12. The second-order valence-electron chi connectivity index (χ2n) is 5.23. The largest absolute Gasteiger partial charge is 0.506 e. The average Bonchev–Trinajstić information content (AvgIpc) is 2.50. The van der Waals surface area contributed by atoms with E-state index in [9.17, 15) is 5.11 Å². The molecule has 4 heteroatoms. The standard InChI is InChI=1S/C18H15N3O/c1-11-6-15(21-10-18(11)22)5-4-14-8-20-13(3)17-9-19-12(2)7-16(14)17/h6-10,22H,1-3H3. The smallest absolute Gasteiger partial charge is 0.136 e. The van der Waals surface area contributed by atoms with Crippen molar-refractivity contribution in [2.24, 2.45) is 0 Å². The number of aryl methyl sites for hydroxylation is 3. The first-order chi connectivity index (χ1) is 10.5. The minimum atomic E-state index is 0.176. The zero-order valence-electron chi connectivity index (χ0n) is 12.7. The summed E-state index contributed by atoms with van der Waals surface area (Å²) in [6, 6.07) is 3.78. The van der Waals surface area contributed by atoms with Crippen molar-refractivity contribution < 1.29 is 5.11 Å². The molecule has 0 aliphatic rings. The number of fused-ring (bicyclic) bond motifs is 1. The predicted octanol–water partition coefficient (Wildman–Crippen LogP) is 3.06. The maximum Gasteiger partial charge on any atom is 0.136 e. The monoisotopic (exact) mass is 289 g/mol. The van der Waals surface area contributed by atoms with Gasteiger partial charge in [0.2, 0.25) is 0 Å². The van der Waals surface area contributed by atoms with Gasteiger partial charge in [-0.05, 0) is 44.4 Å². The minimum absolute atomic E-state index is 0.176. The molecule has 0 aromatic carbocycles. The molecule has 0 amide bonds. The van der Waals surface area contributed by atoms with E-state index in [1.807, 2.05) is 33.0 Å². The summed E-state index contributed by atoms with van der Waals surface area (Å²) in [5.41, 5.74) is 4.10. The van der Waals surface area contributed by atoms with Gasteiger partial charge < -0.3 is 5.11 Å². The Morgan fingerprint density at radius 2 is 1.68 bits per heavy atom. The van der Waals surface area contributed by atoms with Crippen LogP contribution in [0.5, 0.6) is 5.75 Å². The first-order valence-corrected chi connectivity index (χ1v) is 6.94. The third-order valence-corrected chi connectivity index (χ3v) is 3.52. The Bertz CT molecular complexity index is 936. The molecule has 1 N–H and O–H groups in total. The van der Waals surface area contributed by atoms with Gasteiger partial charge in [0.1, 0.15) is 11.4 Å². The topological polar surface area (TPSA) is 58.9 Å². The molecule has 0 atom stereocenters. The molecule has 0 unspecified atom stereocenters. The number of nitrogens with zero attached hydrogens (tertiary/aromatic N) is 3. The third kappa shape index (κ3) is 2.61. The molecule has 3 aromatic heterocycles. The number of aromatic hydroxyl groups is 1. The van der Waals surface area contributed by atoms with Crippen LogP contribution in [0.25, 0.3) is 10.8 Å². The van der Waals surface area contributed by atoms with E-state index in [0.717, 1.165) is 33.3 Å². The highest BCUT2D eigenvalue weighted by atomic mass is 16.3. The van der Waals surface area contributed by atoms with E-state index in [0.29, 0.717) is 5.69 Å². The van der Waals surface area contributed by atoms with E-state index in [1.54, 1.807) is 12.3 Å². The van der Waals surface area contributed by atoms with E-state index in [4.69, 9.17) is 0 Å². The summed E-state index contributed by atoms with van der Waals surface area (Å²) in [6.07, 6.45) is 5.03. The Morgan fingerprint density at radius 1 is 0.864 bits per heavy atom. The predicted molar refractivity (Wildman–Crippen MR) is 85.6 cm³/mol. The van der Waals surface area contributed by atoms with Crippen molar-refractivity contribution in [3.8, 4) is 17.6 Å². The highest BCUT2D eigenvalue weighted by Crippen LogP contribution is 2.20. The molecule has 0 saturated carbocycles. The van der Waals surface area contributed by atoms with Crippen molar-refractivity contribution in [1.82, 2.24) is 15.0 Å². The van der Waals surface area contributed by atoms with Crippen LogP contribution in [0.15, 0.2) is 30.7 Å². The van der Waals surface area contributed by atoms with Crippen molar-refractivity contribution in [3.63, 3.8) is 0 Å². The maximum atomic E-state index is 9.50. The summed E-state index contributed by atoms with van der Waals surface area (Å²) >= 11 is 0. The van der Waals surface area contributed by atoms with Gasteiger partial charge in [-0.3, -0.25) is 9.97 Å². The van der Waals surface area contributed by atoms with Crippen LogP contribution in [0.2, 0.25) is 0 Å². The number of hydrogen-bond donors (Lipinski definition) is 1. The normalized spacial score (nSPS) is 10.3. The lowest BCUT2D eigenvalue weighted by atomic mass is 10.1. The molecule has 108 valence electrons. The van der Waals surface area contributed by atoms with Gasteiger partial charge in [-0.1, -0.05) is 5.92 Å². The van der Waals surface area contributed by atoms with E-state index < -0.39 is 0 Å². The van der Waals surface area contributed by atoms with Crippen LogP contribution in [0, 0.1) is 32.6 Å². The van der Waals surface area contributed by atoms with E-state index in [2.05, 4.69) is 26.8 Å². The van der Waals surface area contributed by atoms with Gasteiger partial charge >= 0.3 is 0 Å². The van der Waals surface area contributed by atoms with Gasteiger partial charge in [0.05, 0.1) is 11.8 Å². The van der Waals surface area contributed by atoms with E-state index >= 15 is 0 Å². The van der Waals surface area contributed by atoms with Gasteiger partial charge in [0.25, 0.3) is 0 Å². The van der Waals surface area contributed by atoms with Crippen LogP contribution >= 0.6 is 0 Å². The maximum absolute atomic E-state index is 9.50. The Labute approximate surface area is 128 Å². The average molecular weight is 289 g/mol. The minimum Gasteiger partial charge on any atom is -0.506 e. The van der Waals surface area contributed by atoms with Crippen LogP contribution in [-0.2, 0) is 0 Å². The van der Waals surface area contributed by atoms with E-state index in [1.165, 1.54) is 6.20 Å². The van der Waals surface area contributed by atoms with Crippen molar-refractivity contribution in [1.29, 1.82) is 0 Å². The Kier molecular flexibility index (Phi) is 3.48. The highest BCUT2D eigenvalue weighted by Gasteiger charge is 2.04. The van der Waals surface area contributed by atoms with Crippen LogP contribution in [0.1, 0.15) is 28.2 Å². The first-order valence-electron chi connectivity index (χ1n) is 6.94. The molecule has 3 heterocycles. The quantitative estimate of drug-likeness (QED) is 0.646. The Morgan fingerprint density at radius 3 is 2.45 bits per heavy atom. The number of rotatable bonds is 0. The molecule has 3 rings (SSSR count). The third-order valence-electron chi connectivity index (χ3n) is 3.52. The van der Waals surface area contributed by atoms with Crippen LogP contribution in [-0.4, -0.2) is 20.1 Å². The molecule has 0 bridgehead atoms. The molecule has 3 aromatic rings. The van der Waals surface area contributed by atoms with Crippen molar-refractivity contribution in [2.75, 3.05) is 0 Å². The second-order valence-corrected chi connectivity index (χ2v) is 5.23. The second kappa shape index (κ2) is 5.45. The van der Waals surface area contributed by atoms with Crippen LogP contribution < -0.4 is 0 Å². The van der Waals surface area contributed by atoms with Gasteiger partial charge in [0, 0.05) is 34.6 Å². The summed E-state index contributed by atoms with van der Waals surface area (Å²) in [6.45, 7) is 5.73. The lowest BCUT2D eigenvalue weighted by molar-refractivity contribution is 0.468. The summed E-state index contributed by atoms with van der Waals surface area (Å²) in [5.74, 6) is 6.32. The van der Waals surface area contributed by atoms with E-state index in [-0.39, 0.29) is 5.75 Å². The Hall–Kier alpha value is -2.93. The summed E-state index contributed by atoms with van der Waals surface area (Å²) in [7, 11) is 0. The lowest BCUT2D eigenvalue weighted by Gasteiger charge is -2.04. The van der Waals surface area contributed by atoms with Gasteiger partial charge in [-0.2, -0.15) is 0 Å². The molecule has 0 fully saturated rings. The fourth-order valence-electron chi connectivity index (χ4n) is 2.22. The van der Waals surface area contributed by atoms with Crippen LogP contribution in [0.4, 0.5) is 0 Å². The fraction of sp³-hybridized carbons (Fsp3) is 0.167. The molecule has 0 spiro atoms. The first kappa shape index (κ1) is 14.0. The summed E-state index contributed by atoms with van der Waals surface area (Å²) < 4.78 is 0. The van der Waals surface area contributed by atoms with Crippen molar-refractivity contribution in [2.45, 2.75) is 20.8 Å². The summed E-state index contributed by atoms with van der Waals surface area (Å²) in [4.78, 5) is 12.8. The number of pyridine rings is 3. The molecule has 0 aliphatic heterocycles. The zero-order chi connectivity index (χ0) is 15.7. The van der Waals surface area contributed by atoms with Crippen LogP contribution in [0.3, 0.4) is 0 Å². The van der Waals surface area contributed by atoms with Gasteiger partial charge in [-0.15, -0.1) is 0 Å². The summed E-state index contributed by atoms with van der Waals surface area (Å²) in [5, 5.41) is 11.6. The molecule has 4 nitrogen and oxygen atoms in total. The molecule has 0 aliphatic carbocycles. The fourth-order valence-corrected chi connectivity index (χ4v) is 2.22. The molecule has 0 saturated heterocycles. The van der Waals surface area contributed by atoms with Crippen molar-refractivity contribution >= 4 is 10.8 Å². The van der Waals surface area contributed by atoms with Gasteiger partial charge in [-0.25, -0.2) is 4.98 Å². The lowest BCUT2D eigenvalue weighted by Crippen LogP contribution is -1.91. The molecular formula is C18H15N3O. The SMILES string of the molecule is Cc1cc2c(C#Cc3cc(C)c(O)cn3)cnc(C)c2cn1. The zero-order valence-corrected chi connectivity index (χ0v) is 12.7. The molecule has 22 heavy (non-hydrogen) atoms. The number of hydrogen-bond acceptors (Lipinski definition) is 4. The van der Waals surface area contributed by atoms with Gasteiger partial charge in [0.15, 0.2) is 0 Å². The molecular weight excluding hydrogens is 274 g/mol. The van der Waals surface area contributed by atoms with Crippen molar-refractivity contribution in [3.05, 3.63) is 58.9 Å². The molecule has 0 radical (unpaired) electrons. The highest BCUT2D eigenvalue weighted by molar-refractivity contribution is 5.89. The number of aromatic nitrogens is 3.